The lowest BCUT2D eigenvalue weighted by molar-refractivity contribution is -0.117. The van der Waals surface area contributed by atoms with Crippen molar-refractivity contribution in [3.8, 4) is 5.75 Å². The second kappa shape index (κ2) is 3.76. The summed E-state index contributed by atoms with van der Waals surface area (Å²) in [6.45, 7) is 1.86. The van der Waals surface area contributed by atoms with Gasteiger partial charge in [0.25, 0.3) is 0 Å². The molecule has 1 aliphatic heterocycles. The van der Waals surface area contributed by atoms with Gasteiger partial charge >= 0.3 is 5.97 Å². The number of anilines is 1. The molecule has 18 heavy (non-hydrogen) atoms. The molecule has 0 bridgehead atoms. The molecule has 6 nitrogen and oxygen atoms in total. The molecular formula is C12H13NO5. The molecule has 1 atom stereocenters. The molecule has 1 aliphatic carbocycles. The Morgan fingerprint density at radius 1 is 1.44 bits per heavy atom. The van der Waals surface area contributed by atoms with Crippen LogP contribution in [0.2, 0.25) is 0 Å². The van der Waals surface area contributed by atoms with Gasteiger partial charge in [0.2, 0.25) is 17.6 Å². The van der Waals surface area contributed by atoms with Gasteiger partial charge in [-0.2, -0.15) is 0 Å². The van der Waals surface area contributed by atoms with E-state index in [1.807, 2.05) is 0 Å². The smallest absolute Gasteiger partial charge is 0.372 e. The maximum absolute atomic E-state index is 11.6. The number of carboxylic acid groups (broad SMARTS) is 1. The van der Waals surface area contributed by atoms with Crippen LogP contribution in [-0.4, -0.2) is 29.6 Å². The molecule has 2 heterocycles. The summed E-state index contributed by atoms with van der Waals surface area (Å²) >= 11 is 0. The predicted octanol–water partition coefficient (Wildman–Crippen LogP) is 1.50. The van der Waals surface area contributed by atoms with Crippen LogP contribution in [0.15, 0.2) is 10.5 Å². The number of aromatic carboxylic acids is 1. The highest BCUT2D eigenvalue weighted by Crippen LogP contribution is 2.43. The van der Waals surface area contributed by atoms with E-state index in [9.17, 15) is 9.59 Å². The SMILES string of the molecule is CC(=O)N1CC(C2CC2)Oc2cc(C(=O)O)oc21. The predicted molar refractivity (Wildman–Crippen MR) is 60.8 cm³/mol. The number of ether oxygens (including phenoxy) is 1. The van der Waals surface area contributed by atoms with E-state index >= 15 is 0 Å². The average molecular weight is 251 g/mol. The first-order valence-electron chi connectivity index (χ1n) is 5.88. The number of nitrogens with zero attached hydrogens (tertiary/aromatic N) is 1. The van der Waals surface area contributed by atoms with Crippen LogP contribution in [0.25, 0.3) is 0 Å². The zero-order valence-electron chi connectivity index (χ0n) is 9.88. The topological polar surface area (TPSA) is 80.0 Å². The number of carboxylic acids is 1. The third kappa shape index (κ3) is 1.73. The summed E-state index contributed by atoms with van der Waals surface area (Å²) in [6.07, 6.45) is 2.13. The third-order valence-corrected chi connectivity index (χ3v) is 3.30. The van der Waals surface area contributed by atoms with Crippen LogP contribution in [0.5, 0.6) is 5.75 Å². The van der Waals surface area contributed by atoms with E-state index < -0.39 is 5.97 Å². The summed E-state index contributed by atoms with van der Waals surface area (Å²) in [5.74, 6) is -0.524. The molecule has 1 unspecified atom stereocenters. The Bertz CT molecular complexity index is 517. The quantitative estimate of drug-likeness (QED) is 0.861. The van der Waals surface area contributed by atoms with E-state index in [0.29, 0.717) is 18.2 Å². The van der Waals surface area contributed by atoms with Gasteiger partial charge < -0.3 is 14.3 Å². The Hall–Kier alpha value is -1.98. The number of carbonyl (C=O) groups excluding carboxylic acids is 1. The third-order valence-electron chi connectivity index (χ3n) is 3.30. The van der Waals surface area contributed by atoms with Crippen molar-refractivity contribution in [3.05, 3.63) is 11.8 Å². The number of hydrogen-bond donors (Lipinski definition) is 1. The number of hydrogen-bond acceptors (Lipinski definition) is 4. The van der Waals surface area contributed by atoms with Crippen LogP contribution in [0.1, 0.15) is 30.3 Å². The van der Waals surface area contributed by atoms with E-state index in [-0.39, 0.29) is 23.7 Å². The molecule has 3 rings (SSSR count). The van der Waals surface area contributed by atoms with Crippen molar-refractivity contribution in [2.45, 2.75) is 25.9 Å². The van der Waals surface area contributed by atoms with E-state index in [0.717, 1.165) is 12.8 Å². The fourth-order valence-corrected chi connectivity index (χ4v) is 2.19. The molecule has 1 aromatic rings. The molecular weight excluding hydrogens is 238 g/mol. The molecule has 1 amide bonds. The highest BCUT2D eigenvalue weighted by molar-refractivity contribution is 5.94. The first kappa shape index (κ1) is 11.1. The molecule has 2 aliphatic rings. The standard InChI is InChI=1S/C12H13NO5/c1-6(14)13-5-10(7-2-3-7)17-8-4-9(12(15)16)18-11(8)13/h4,7,10H,2-3,5H2,1H3,(H,15,16). The van der Waals surface area contributed by atoms with Gasteiger partial charge in [0.05, 0.1) is 6.54 Å². The van der Waals surface area contributed by atoms with Gasteiger partial charge in [0.1, 0.15) is 6.10 Å². The van der Waals surface area contributed by atoms with Crippen molar-refractivity contribution in [1.29, 1.82) is 0 Å². The van der Waals surface area contributed by atoms with Crippen LogP contribution >= 0.6 is 0 Å². The van der Waals surface area contributed by atoms with Crippen LogP contribution in [-0.2, 0) is 4.79 Å². The van der Waals surface area contributed by atoms with Crippen molar-refractivity contribution in [3.63, 3.8) is 0 Å². The minimum atomic E-state index is -1.17. The number of furan rings is 1. The molecule has 1 aromatic heterocycles. The Morgan fingerprint density at radius 3 is 2.72 bits per heavy atom. The zero-order valence-corrected chi connectivity index (χ0v) is 9.88. The van der Waals surface area contributed by atoms with E-state index in [4.69, 9.17) is 14.3 Å². The Morgan fingerprint density at radius 2 is 2.17 bits per heavy atom. The summed E-state index contributed by atoms with van der Waals surface area (Å²) in [5, 5.41) is 8.89. The number of carbonyl (C=O) groups is 2. The van der Waals surface area contributed by atoms with Gasteiger partial charge in [-0.3, -0.25) is 9.69 Å². The Balaban J connectivity index is 1.97. The molecule has 6 heteroatoms. The lowest BCUT2D eigenvalue weighted by Crippen LogP contribution is -2.43. The summed E-state index contributed by atoms with van der Waals surface area (Å²) in [4.78, 5) is 23.9. The van der Waals surface area contributed by atoms with Gasteiger partial charge in [-0.1, -0.05) is 0 Å². The van der Waals surface area contributed by atoms with E-state index in [2.05, 4.69) is 0 Å². The van der Waals surface area contributed by atoms with Crippen LogP contribution < -0.4 is 9.64 Å². The Labute approximate surface area is 103 Å². The molecule has 1 N–H and O–H groups in total. The highest BCUT2D eigenvalue weighted by Gasteiger charge is 2.41. The summed E-state index contributed by atoms with van der Waals surface area (Å²) in [6, 6.07) is 1.34. The van der Waals surface area contributed by atoms with Gasteiger partial charge in [0.15, 0.2) is 5.75 Å². The minimum absolute atomic E-state index is 0.0550. The largest absolute Gasteiger partial charge is 0.483 e. The van der Waals surface area contributed by atoms with Crippen molar-refractivity contribution in [2.24, 2.45) is 5.92 Å². The summed E-state index contributed by atoms with van der Waals surface area (Å²) < 4.78 is 10.9. The lowest BCUT2D eigenvalue weighted by Gasteiger charge is -2.30. The molecule has 0 aromatic carbocycles. The maximum Gasteiger partial charge on any atom is 0.372 e. The van der Waals surface area contributed by atoms with Crippen molar-refractivity contribution >= 4 is 17.8 Å². The zero-order chi connectivity index (χ0) is 12.9. The van der Waals surface area contributed by atoms with Gasteiger partial charge in [-0.25, -0.2) is 4.79 Å². The van der Waals surface area contributed by atoms with Gasteiger partial charge in [-0.05, 0) is 18.8 Å². The molecule has 0 spiro atoms. The monoisotopic (exact) mass is 251 g/mol. The first-order valence-corrected chi connectivity index (χ1v) is 5.88. The van der Waals surface area contributed by atoms with E-state index in [1.165, 1.54) is 17.9 Å². The Kier molecular flexibility index (Phi) is 2.33. The van der Waals surface area contributed by atoms with Crippen molar-refractivity contribution in [2.75, 3.05) is 11.4 Å². The van der Waals surface area contributed by atoms with Crippen LogP contribution in [0, 0.1) is 5.92 Å². The first-order chi connectivity index (χ1) is 8.56. The molecule has 0 radical (unpaired) electrons. The van der Waals surface area contributed by atoms with Crippen molar-refractivity contribution in [1.82, 2.24) is 0 Å². The second-order valence-electron chi connectivity index (χ2n) is 4.71. The van der Waals surface area contributed by atoms with E-state index in [1.54, 1.807) is 0 Å². The normalized spacial score (nSPS) is 22.3. The van der Waals surface area contributed by atoms with Crippen LogP contribution in [0.4, 0.5) is 5.88 Å². The second-order valence-corrected chi connectivity index (χ2v) is 4.71. The number of rotatable bonds is 2. The lowest BCUT2D eigenvalue weighted by atomic mass is 10.2. The number of fused-ring (bicyclic) bond motifs is 1. The molecule has 1 fully saturated rings. The van der Waals surface area contributed by atoms with Crippen molar-refractivity contribution < 1.29 is 23.8 Å². The van der Waals surface area contributed by atoms with Gasteiger partial charge in [0, 0.05) is 13.0 Å². The minimum Gasteiger partial charge on any atom is -0.483 e. The fourth-order valence-electron chi connectivity index (χ4n) is 2.19. The molecule has 0 saturated heterocycles. The summed E-state index contributed by atoms with van der Waals surface area (Å²) in [5.41, 5.74) is 0. The average Bonchev–Trinajstić information content (AvgIpc) is 3.06. The maximum atomic E-state index is 11.6. The highest BCUT2D eigenvalue weighted by atomic mass is 16.5. The number of amides is 1. The molecule has 96 valence electrons. The summed E-state index contributed by atoms with van der Waals surface area (Å²) in [7, 11) is 0. The van der Waals surface area contributed by atoms with Gasteiger partial charge in [-0.15, -0.1) is 0 Å². The fraction of sp³-hybridized carbons (Fsp3) is 0.500. The van der Waals surface area contributed by atoms with Crippen LogP contribution in [0.3, 0.4) is 0 Å². The molecule has 1 saturated carbocycles.